The molecule has 4 rings (SSSR count). The molecule has 0 fully saturated rings. The molecule has 92 valence electrons. The van der Waals surface area contributed by atoms with Gasteiger partial charge in [0.25, 0.3) is 0 Å². The van der Waals surface area contributed by atoms with Gasteiger partial charge in [0.1, 0.15) is 0 Å². The highest BCUT2D eigenvalue weighted by Crippen LogP contribution is 2.40. The van der Waals surface area contributed by atoms with Crippen LogP contribution in [0.2, 0.25) is 0 Å². The minimum atomic E-state index is 1.06. The lowest BCUT2D eigenvalue weighted by atomic mass is 9.82. The van der Waals surface area contributed by atoms with Gasteiger partial charge in [0.15, 0.2) is 0 Å². The Kier molecular flexibility index (Phi) is 2.11. The van der Waals surface area contributed by atoms with E-state index in [1.54, 1.807) is 0 Å². The summed E-state index contributed by atoms with van der Waals surface area (Å²) in [5.74, 6) is 0. The molecule has 0 atom stereocenters. The summed E-state index contributed by atoms with van der Waals surface area (Å²) in [5, 5.41) is 2.86. The van der Waals surface area contributed by atoms with Gasteiger partial charge in [0, 0.05) is 0 Å². The quantitative estimate of drug-likeness (QED) is 0.407. The second-order valence-corrected chi connectivity index (χ2v) is 5.61. The van der Waals surface area contributed by atoms with Crippen molar-refractivity contribution in [1.29, 1.82) is 0 Å². The fraction of sp³-hybridized carbons (Fsp3) is 0.158. The van der Waals surface area contributed by atoms with Crippen LogP contribution in [-0.4, -0.2) is 0 Å². The summed E-state index contributed by atoms with van der Waals surface area (Å²) < 4.78 is 0. The van der Waals surface area contributed by atoms with Crippen molar-refractivity contribution >= 4 is 10.8 Å². The Hall–Kier alpha value is -2.08. The maximum atomic E-state index is 2.33. The molecule has 0 heterocycles. The van der Waals surface area contributed by atoms with Gasteiger partial charge in [-0.2, -0.15) is 0 Å². The SMILES string of the molecule is Cc1ccc2c(c1)Cc1cccc3c(C)ccc-2c13. The molecule has 0 aromatic heterocycles. The van der Waals surface area contributed by atoms with Gasteiger partial charge >= 0.3 is 0 Å². The van der Waals surface area contributed by atoms with E-state index in [1.165, 1.54) is 44.2 Å². The van der Waals surface area contributed by atoms with E-state index in [0.29, 0.717) is 0 Å². The second-order valence-electron chi connectivity index (χ2n) is 5.61. The van der Waals surface area contributed by atoms with Gasteiger partial charge in [-0.1, -0.05) is 54.1 Å². The first-order valence-electron chi connectivity index (χ1n) is 6.85. The molecule has 0 amide bonds. The van der Waals surface area contributed by atoms with Crippen molar-refractivity contribution < 1.29 is 0 Å². The van der Waals surface area contributed by atoms with Crippen molar-refractivity contribution in [3.63, 3.8) is 0 Å². The molecule has 1 aliphatic rings. The summed E-state index contributed by atoms with van der Waals surface area (Å²) in [5.41, 5.74) is 8.46. The highest BCUT2D eigenvalue weighted by molar-refractivity contribution is 6.03. The predicted molar refractivity (Wildman–Crippen MR) is 81.7 cm³/mol. The summed E-state index contributed by atoms with van der Waals surface area (Å²) >= 11 is 0. The van der Waals surface area contributed by atoms with Gasteiger partial charge in [-0.25, -0.2) is 0 Å². The van der Waals surface area contributed by atoms with Crippen LogP contribution in [0.3, 0.4) is 0 Å². The lowest BCUT2D eigenvalue weighted by molar-refractivity contribution is 1.18. The molecule has 3 aromatic carbocycles. The average Bonchev–Trinajstić information content (AvgIpc) is 2.41. The third-order valence-electron chi connectivity index (χ3n) is 4.28. The fourth-order valence-electron chi connectivity index (χ4n) is 3.34. The number of aryl methyl sites for hydroxylation is 2. The molecule has 0 bridgehead atoms. The fourth-order valence-corrected chi connectivity index (χ4v) is 3.34. The van der Waals surface area contributed by atoms with Crippen LogP contribution in [0.5, 0.6) is 0 Å². The molecule has 0 saturated carbocycles. The average molecular weight is 244 g/mol. The number of fused-ring (bicyclic) bond motifs is 2. The predicted octanol–water partition coefficient (Wildman–Crippen LogP) is 5.03. The summed E-state index contributed by atoms with van der Waals surface area (Å²) in [7, 11) is 0. The molecular formula is C19H16. The molecule has 0 radical (unpaired) electrons. The Labute approximate surface area is 113 Å². The zero-order chi connectivity index (χ0) is 13.0. The lowest BCUT2D eigenvalue weighted by Crippen LogP contribution is -2.02. The first-order chi connectivity index (χ1) is 9.24. The summed E-state index contributed by atoms with van der Waals surface area (Å²) in [6.45, 7) is 4.37. The Bertz CT molecular complexity index is 810. The van der Waals surface area contributed by atoms with E-state index in [9.17, 15) is 0 Å². The number of rotatable bonds is 0. The van der Waals surface area contributed by atoms with Crippen molar-refractivity contribution in [1.82, 2.24) is 0 Å². The van der Waals surface area contributed by atoms with Gasteiger partial charge in [-0.15, -0.1) is 0 Å². The molecule has 19 heavy (non-hydrogen) atoms. The Morgan fingerprint density at radius 1 is 0.789 bits per heavy atom. The maximum Gasteiger partial charge on any atom is -0.00131 e. The van der Waals surface area contributed by atoms with Gasteiger partial charge < -0.3 is 0 Å². The third kappa shape index (κ3) is 1.46. The van der Waals surface area contributed by atoms with Crippen LogP contribution in [0, 0.1) is 13.8 Å². The van der Waals surface area contributed by atoms with Crippen molar-refractivity contribution in [2.24, 2.45) is 0 Å². The molecule has 0 unspecified atom stereocenters. The third-order valence-corrected chi connectivity index (χ3v) is 4.28. The smallest absolute Gasteiger partial charge is 0.00131 e. The molecule has 0 nitrogen and oxygen atoms in total. The second kappa shape index (κ2) is 3.71. The van der Waals surface area contributed by atoms with Gasteiger partial charge in [0.05, 0.1) is 0 Å². The summed E-state index contributed by atoms with van der Waals surface area (Å²) in [6.07, 6.45) is 1.06. The van der Waals surface area contributed by atoms with Crippen molar-refractivity contribution in [2.45, 2.75) is 20.3 Å². The topological polar surface area (TPSA) is 0 Å². The highest BCUT2D eigenvalue weighted by atomic mass is 14.2. The Morgan fingerprint density at radius 2 is 1.63 bits per heavy atom. The van der Waals surface area contributed by atoms with Gasteiger partial charge in [-0.3, -0.25) is 0 Å². The van der Waals surface area contributed by atoms with Crippen LogP contribution in [0.4, 0.5) is 0 Å². The van der Waals surface area contributed by atoms with Crippen molar-refractivity contribution in [2.75, 3.05) is 0 Å². The molecule has 3 aromatic rings. The molecular weight excluding hydrogens is 228 g/mol. The van der Waals surface area contributed by atoms with Crippen LogP contribution in [-0.2, 0) is 6.42 Å². The molecule has 0 saturated heterocycles. The van der Waals surface area contributed by atoms with Crippen LogP contribution in [0.15, 0.2) is 48.5 Å². The molecule has 0 aliphatic heterocycles. The van der Waals surface area contributed by atoms with Crippen molar-refractivity contribution in [3.8, 4) is 11.1 Å². The molecule has 1 aliphatic carbocycles. The minimum absolute atomic E-state index is 1.06. The van der Waals surface area contributed by atoms with Crippen LogP contribution in [0.1, 0.15) is 22.3 Å². The lowest BCUT2D eigenvalue weighted by Gasteiger charge is -2.22. The monoisotopic (exact) mass is 244 g/mol. The zero-order valence-electron chi connectivity index (χ0n) is 11.3. The van der Waals surface area contributed by atoms with Crippen molar-refractivity contribution in [3.05, 3.63) is 70.8 Å². The van der Waals surface area contributed by atoms with E-state index in [0.717, 1.165) is 6.42 Å². The summed E-state index contributed by atoms with van der Waals surface area (Å²) in [4.78, 5) is 0. The first kappa shape index (κ1) is 10.8. The van der Waals surface area contributed by atoms with Crippen LogP contribution < -0.4 is 0 Å². The van der Waals surface area contributed by atoms with Crippen LogP contribution >= 0.6 is 0 Å². The Balaban J connectivity index is 2.17. The van der Waals surface area contributed by atoms with Gasteiger partial charge in [-0.05, 0) is 58.9 Å². The standard InChI is InChI=1S/C19H16/c1-12-6-8-17-15(10-12)11-14-4-3-5-16-13(2)7-9-18(17)19(14)16/h3-10H,11H2,1-2H3. The summed E-state index contributed by atoms with van der Waals surface area (Å²) in [6, 6.07) is 18.1. The Morgan fingerprint density at radius 3 is 2.53 bits per heavy atom. The van der Waals surface area contributed by atoms with E-state index in [1.807, 2.05) is 0 Å². The zero-order valence-corrected chi connectivity index (χ0v) is 11.3. The minimum Gasteiger partial charge on any atom is -0.0613 e. The number of hydrogen-bond acceptors (Lipinski definition) is 0. The first-order valence-corrected chi connectivity index (χ1v) is 6.85. The maximum absolute atomic E-state index is 2.33. The normalized spacial score (nSPS) is 12.5. The van der Waals surface area contributed by atoms with Gasteiger partial charge in [0.2, 0.25) is 0 Å². The van der Waals surface area contributed by atoms with E-state index < -0.39 is 0 Å². The highest BCUT2D eigenvalue weighted by Gasteiger charge is 2.18. The van der Waals surface area contributed by atoms with E-state index >= 15 is 0 Å². The van der Waals surface area contributed by atoms with E-state index in [-0.39, 0.29) is 0 Å². The molecule has 0 N–H and O–H groups in total. The number of benzene rings is 3. The van der Waals surface area contributed by atoms with E-state index in [2.05, 4.69) is 62.4 Å². The van der Waals surface area contributed by atoms with E-state index in [4.69, 9.17) is 0 Å². The molecule has 0 heteroatoms. The molecule has 0 spiro atoms. The number of hydrogen-bond donors (Lipinski definition) is 0. The largest absolute Gasteiger partial charge is 0.0613 e. The van der Waals surface area contributed by atoms with Crippen LogP contribution in [0.25, 0.3) is 21.9 Å².